The Morgan fingerprint density at radius 2 is 1.81 bits per heavy atom. The van der Waals surface area contributed by atoms with Gasteiger partial charge in [-0.2, -0.15) is 0 Å². The number of ketones is 1. The highest BCUT2D eigenvalue weighted by Gasteiger charge is 2.24. The SMILES string of the molecule is CC(=O)c1cccc(NC(=O)N2CC[NH+](Cc3ccc(Cl)c(Cl)c3)CC2)c1. The van der Waals surface area contributed by atoms with Crippen molar-refractivity contribution in [2.75, 3.05) is 31.5 Å². The van der Waals surface area contributed by atoms with Gasteiger partial charge < -0.3 is 15.1 Å². The van der Waals surface area contributed by atoms with E-state index in [0.717, 1.165) is 25.2 Å². The molecule has 5 nitrogen and oxygen atoms in total. The zero-order valence-electron chi connectivity index (χ0n) is 15.1. The first-order valence-corrected chi connectivity index (χ1v) is 9.62. The minimum Gasteiger partial charge on any atom is -0.328 e. The number of amides is 2. The molecule has 0 radical (unpaired) electrons. The quantitative estimate of drug-likeness (QED) is 0.766. The standard InChI is InChI=1S/C20H21Cl2N3O2/c1-14(26)16-3-2-4-17(12-16)23-20(27)25-9-7-24(8-10-25)13-15-5-6-18(21)19(22)11-15/h2-6,11-12H,7-10,13H2,1H3,(H,23,27)/p+1. The van der Waals surface area contributed by atoms with Crippen molar-refractivity contribution in [2.24, 2.45) is 0 Å². The lowest BCUT2D eigenvalue weighted by Crippen LogP contribution is -3.13. The average Bonchev–Trinajstić information content (AvgIpc) is 2.65. The summed E-state index contributed by atoms with van der Waals surface area (Å²) in [6, 6.07) is 12.6. The van der Waals surface area contributed by atoms with Crippen molar-refractivity contribution < 1.29 is 14.5 Å². The minimum absolute atomic E-state index is 0.0226. The Kier molecular flexibility index (Phi) is 6.37. The van der Waals surface area contributed by atoms with Crippen LogP contribution in [0.15, 0.2) is 42.5 Å². The number of anilines is 1. The molecule has 0 saturated carbocycles. The number of nitrogens with one attached hydrogen (secondary N) is 2. The van der Waals surface area contributed by atoms with Crippen LogP contribution in [0.3, 0.4) is 0 Å². The van der Waals surface area contributed by atoms with Crippen LogP contribution in [0.1, 0.15) is 22.8 Å². The van der Waals surface area contributed by atoms with E-state index in [4.69, 9.17) is 23.2 Å². The third kappa shape index (κ3) is 5.22. The van der Waals surface area contributed by atoms with Gasteiger partial charge in [-0.1, -0.05) is 41.4 Å². The van der Waals surface area contributed by atoms with Crippen LogP contribution in [0.25, 0.3) is 0 Å². The van der Waals surface area contributed by atoms with Crippen LogP contribution in [-0.4, -0.2) is 42.9 Å². The Hall–Kier alpha value is -2.08. The largest absolute Gasteiger partial charge is 0.328 e. The summed E-state index contributed by atoms with van der Waals surface area (Å²) in [4.78, 5) is 27.2. The Labute approximate surface area is 168 Å². The van der Waals surface area contributed by atoms with Gasteiger partial charge in [-0.25, -0.2) is 4.79 Å². The fourth-order valence-electron chi connectivity index (χ4n) is 3.16. The van der Waals surface area contributed by atoms with Crippen LogP contribution >= 0.6 is 23.2 Å². The Balaban J connectivity index is 1.52. The third-order valence-electron chi connectivity index (χ3n) is 4.72. The molecule has 3 rings (SSSR count). The molecule has 2 amide bonds. The van der Waals surface area contributed by atoms with Crippen molar-refractivity contribution in [1.29, 1.82) is 0 Å². The highest BCUT2D eigenvalue weighted by molar-refractivity contribution is 6.42. The van der Waals surface area contributed by atoms with Gasteiger partial charge in [-0.3, -0.25) is 4.79 Å². The summed E-state index contributed by atoms with van der Waals surface area (Å²) in [5.41, 5.74) is 2.36. The molecule has 142 valence electrons. The average molecular weight is 407 g/mol. The maximum absolute atomic E-state index is 12.5. The molecule has 27 heavy (non-hydrogen) atoms. The van der Waals surface area contributed by atoms with Crippen molar-refractivity contribution in [3.8, 4) is 0 Å². The number of piperazine rings is 1. The number of urea groups is 1. The van der Waals surface area contributed by atoms with Gasteiger partial charge in [0.1, 0.15) is 6.54 Å². The highest BCUT2D eigenvalue weighted by Crippen LogP contribution is 2.22. The zero-order valence-corrected chi connectivity index (χ0v) is 16.6. The van der Waals surface area contributed by atoms with E-state index >= 15 is 0 Å². The lowest BCUT2D eigenvalue weighted by molar-refractivity contribution is -0.917. The van der Waals surface area contributed by atoms with Crippen molar-refractivity contribution in [3.63, 3.8) is 0 Å². The smallest absolute Gasteiger partial charge is 0.322 e. The Morgan fingerprint density at radius 1 is 1.07 bits per heavy atom. The van der Waals surface area contributed by atoms with E-state index in [1.54, 1.807) is 29.2 Å². The first-order chi connectivity index (χ1) is 12.9. The zero-order chi connectivity index (χ0) is 19.4. The first-order valence-electron chi connectivity index (χ1n) is 8.87. The molecule has 1 fully saturated rings. The topological polar surface area (TPSA) is 53.9 Å². The van der Waals surface area contributed by atoms with E-state index in [2.05, 4.69) is 5.32 Å². The molecule has 0 atom stereocenters. The minimum atomic E-state index is -0.135. The lowest BCUT2D eigenvalue weighted by Gasteiger charge is -2.32. The van der Waals surface area contributed by atoms with E-state index in [-0.39, 0.29) is 11.8 Å². The van der Waals surface area contributed by atoms with Gasteiger partial charge in [0.25, 0.3) is 0 Å². The van der Waals surface area contributed by atoms with Gasteiger partial charge in [-0.15, -0.1) is 0 Å². The monoisotopic (exact) mass is 406 g/mol. The number of carbonyl (C=O) groups excluding carboxylic acids is 2. The maximum atomic E-state index is 12.5. The normalized spacial score (nSPS) is 14.9. The number of carbonyl (C=O) groups is 2. The molecule has 2 N–H and O–H groups in total. The predicted molar refractivity (Wildman–Crippen MR) is 108 cm³/mol. The lowest BCUT2D eigenvalue weighted by atomic mass is 10.1. The van der Waals surface area contributed by atoms with Crippen molar-refractivity contribution in [2.45, 2.75) is 13.5 Å². The van der Waals surface area contributed by atoms with Crippen LogP contribution in [0.5, 0.6) is 0 Å². The van der Waals surface area contributed by atoms with E-state index < -0.39 is 0 Å². The van der Waals surface area contributed by atoms with Crippen LogP contribution in [-0.2, 0) is 6.54 Å². The Morgan fingerprint density at radius 3 is 2.48 bits per heavy atom. The van der Waals surface area contributed by atoms with Gasteiger partial charge in [0.2, 0.25) is 0 Å². The number of quaternary nitrogens is 1. The summed E-state index contributed by atoms with van der Waals surface area (Å²) >= 11 is 12.0. The molecule has 1 aliphatic rings. The fraction of sp³-hybridized carbons (Fsp3) is 0.300. The molecule has 0 aromatic heterocycles. The summed E-state index contributed by atoms with van der Waals surface area (Å²) in [5, 5.41) is 4.01. The molecule has 0 spiro atoms. The number of benzene rings is 2. The summed E-state index contributed by atoms with van der Waals surface area (Å²) in [6.45, 7) is 5.44. The third-order valence-corrected chi connectivity index (χ3v) is 5.46. The van der Waals surface area contributed by atoms with Crippen LogP contribution in [0, 0.1) is 0 Å². The molecule has 1 saturated heterocycles. The molecule has 1 aliphatic heterocycles. The maximum Gasteiger partial charge on any atom is 0.322 e. The number of hydrogen-bond donors (Lipinski definition) is 2. The highest BCUT2D eigenvalue weighted by atomic mass is 35.5. The van der Waals surface area contributed by atoms with E-state index in [9.17, 15) is 9.59 Å². The van der Waals surface area contributed by atoms with Gasteiger partial charge in [-0.05, 0) is 31.2 Å². The van der Waals surface area contributed by atoms with Crippen LogP contribution < -0.4 is 10.2 Å². The number of hydrogen-bond acceptors (Lipinski definition) is 2. The van der Waals surface area contributed by atoms with Crippen LogP contribution in [0.2, 0.25) is 10.0 Å². The number of nitrogens with zero attached hydrogens (tertiary/aromatic N) is 1. The number of halogens is 2. The molecule has 0 aliphatic carbocycles. The summed E-state index contributed by atoms with van der Waals surface area (Å²) in [5.74, 6) is -0.0226. The number of Topliss-reactive ketones (excluding diaryl/α,β-unsaturated/α-hetero) is 1. The fourth-order valence-corrected chi connectivity index (χ4v) is 3.48. The van der Waals surface area contributed by atoms with E-state index in [1.165, 1.54) is 11.8 Å². The molecule has 2 aromatic carbocycles. The van der Waals surface area contributed by atoms with E-state index in [1.807, 2.05) is 18.2 Å². The van der Waals surface area contributed by atoms with E-state index in [0.29, 0.717) is 34.4 Å². The van der Waals surface area contributed by atoms with Gasteiger partial charge in [0, 0.05) is 16.8 Å². The van der Waals surface area contributed by atoms with Crippen molar-refractivity contribution in [3.05, 3.63) is 63.6 Å². The molecular formula is C20H22Cl2N3O2+. The second kappa shape index (κ2) is 8.74. The number of rotatable bonds is 4. The van der Waals surface area contributed by atoms with Crippen molar-refractivity contribution >= 4 is 40.7 Å². The molecule has 2 aromatic rings. The molecule has 0 bridgehead atoms. The predicted octanol–water partition coefficient (Wildman–Crippen LogP) is 3.13. The van der Waals surface area contributed by atoms with Gasteiger partial charge in [0.05, 0.1) is 36.2 Å². The van der Waals surface area contributed by atoms with Crippen LogP contribution in [0.4, 0.5) is 10.5 Å². The Bertz CT molecular complexity index is 849. The van der Waals surface area contributed by atoms with Gasteiger partial charge >= 0.3 is 6.03 Å². The molecule has 0 unspecified atom stereocenters. The summed E-state index contributed by atoms with van der Waals surface area (Å²) in [7, 11) is 0. The molecule has 1 heterocycles. The first kappa shape index (κ1) is 19.7. The molecule has 7 heteroatoms. The van der Waals surface area contributed by atoms with Crippen molar-refractivity contribution in [1.82, 2.24) is 4.90 Å². The van der Waals surface area contributed by atoms with Gasteiger partial charge in [0.15, 0.2) is 5.78 Å². The molecular weight excluding hydrogens is 385 g/mol. The summed E-state index contributed by atoms with van der Waals surface area (Å²) in [6.07, 6.45) is 0. The second-order valence-corrected chi connectivity index (χ2v) is 7.54. The summed E-state index contributed by atoms with van der Waals surface area (Å²) < 4.78 is 0. The second-order valence-electron chi connectivity index (χ2n) is 6.73.